The van der Waals surface area contributed by atoms with Gasteiger partial charge >= 0.3 is 5.97 Å². The van der Waals surface area contributed by atoms with Crippen molar-refractivity contribution < 1.29 is 29.0 Å². The van der Waals surface area contributed by atoms with Crippen LogP contribution in [0.4, 0.5) is 0 Å². The number of hydrazone groups is 1. The van der Waals surface area contributed by atoms with Crippen molar-refractivity contribution in [2.24, 2.45) is 22.4 Å². The first-order valence-corrected chi connectivity index (χ1v) is 17.0. The molecule has 0 aromatic carbocycles. The van der Waals surface area contributed by atoms with E-state index >= 15 is 0 Å². The van der Waals surface area contributed by atoms with Crippen molar-refractivity contribution in [3.8, 4) is 0 Å². The predicted octanol–water partition coefficient (Wildman–Crippen LogP) is 5.33. The van der Waals surface area contributed by atoms with Gasteiger partial charge < -0.3 is 20.1 Å². The van der Waals surface area contributed by atoms with E-state index in [4.69, 9.17) is 4.74 Å². The molecule has 256 valence electrons. The summed E-state index contributed by atoms with van der Waals surface area (Å²) in [6.07, 6.45) is 8.86. The van der Waals surface area contributed by atoms with Crippen molar-refractivity contribution >= 4 is 40.7 Å². The summed E-state index contributed by atoms with van der Waals surface area (Å²) in [5.41, 5.74) is 3.22. The van der Waals surface area contributed by atoms with Crippen molar-refractivity contribution in [3.05, 3.63) is 39.9 Å². The summed E-state index contributed by atoms with van der Waals surface area (Å²) in [4.78, 5) is 57.6. The first-order valence-electron chi connectivity index (χ1n) is 16.2. The summed E-state index contributed by atoms with van der Waals surface area (Å²) in [5, 5.41) is 18.8. The van der Waals surface area contributed by atoms with Crippen LogP contribution in [0.15, 0.2) is 34.3 Å². The number of carbonyl (C=O) groups excluding carboxylic acids is 4. The standard InChI is InChI=1S/C34H53N5O6S/c1-10-22(4)18-29(42)39(9)27(21(2)3)19-28(45-24(6)41)32-36-26(20-46-32)31(43)35-23(5)30(25-14-12-11-13-15-25)37-38-33(44)34(7,8)16-17-40/h12,14-15,20-23,27-28,40H,10-11,13,16-19H2,1-9H3,(H,35,43)(H,38,44)/t22-,23+,27+,28+/m0/s1. The molecule has 0 saturated heterocycles. The zero-order chi connectivity index (χ0) is 34.6. The Morgan fingerprint density at radius 2 is 1.87 bits per heavy atom. The SMILES string of the molecule is CC[C@H](C)CC(=O)N(C)[C@H](C[C@@H](OC(C)=O)c1nc(C(=O)N[C@H](C)C(=NNC(=O)C(C)(C)CCO)C2=CCCC=C2)cs1)C(C)C. The third-order valence-corrected chi connectivity index (χ3v) is 9.29. The van der Waals surface area contributed by atoms with Gasteiger partial charge in [-0.05, 0) is 43.6 Å². The fourth-order valence-electron chi connectivity index (χ4n) is 5.02. The Balaban J connectivity index is 2.28. The maximum Gasteiger partial charge on any atom is 0.303 e. The molecule has 0 radical (unpaired) electrons. The van der Waals surface area contributed by atoms with E-state index in [1.165, 1.54) is 18.3 Å². The van der Waals surface area contributed by atoms with Gasteiger partial charge in [0.05, 0.1) is 11.8 Å². The summed E-state index contributed by atoms with van der Waals surface area (Å²) in [7, 11) is 1.79. The van der Waals surface area contributed by atoms with Crippen molar-refractivity contribution in [3.63, 3.8) is 0 Å². The average Bonchev–Trinajstić information content (AvgIpc) is 3.49. The number of aliphatic hydroxyl groups excluding tert-OH is 1. The predicted molar refractivity (Wildman–Crippen MR) is 181 cm³/mol. The zero-order valence-electron chi connectivity index (χ0n) is 28.9. The number of rotatable bonds is 17. The van der Waals surface area contributed by atoms with Gasteiger partial charge in [0.2, 0.25) is 11.8 Å². The van der Waals surface area contributed by atoms with E-state index in [1.54, 1.807) is 38.1 Å². The Labute approximate surface area is 277 Å². The molecule has 0 unspecified atom stereocenters. The fraction of sp³-hybridized carbons (Fsp3) is 0.647. The number of aliphatic hydroxyl groups is 1. The van der Waals surface area contributed by atoms with Crippen LogP contribution in [0.1, 0.15) is 116 Å². The average molecular weight is 660 g/mol. The smallest absolute Gasteiger partial charge is 0.303 e. The molecule has 0 spiro atoms. The van der Waals surface area contributed by atoms with E-state index in [2.05, 4.69) is 34.7 Å². The Hall–Kier alpha value is -3.38. The molecular formula is C34H53N5O6S. The molecule has 1 aromatic heterocycles. The maximum absolute atomic E-state index is 13.4. The Morgan fingerprint density at radius 1 is 1.17 bits per heavy atom. The summed E-state index contributed by atoms with van der Waals surface area (Å²) in [6.45, 7) is 14.6. The molecule has 3 N–H and O–H groups in total. The fourth-order valence-corrected chi connectivity index (χ4v) is 5.86. The highest BCUT2D eigenvalue weighted by Gasteiger charge is 2.32. The third kappa shape index (κ3) is 11.5. The van der Waals surface area contributed by atoms with E-state index in [9.17, 15) is 24.3 Å². The number of aromatic nitrogens is 1. The number of thiazole rings is 1. The second-order valence-electron chi connectivity index (χ2n) is 13.1. The van der Waals surface area contributed by atoms with Gasteiger partial charge in [-0.1, -0.05) is 66.2 Å². The number of nitrogens with zero attached hydrogens (tertiary/aromatic N) is 3. The van der Waals surface area contributed by atoms with Crippen LogP contribution in [0, 0.1) is 17.3 Å². The Morgan fingerprint density at radius 3 is 2.43 bits per heavy atom. The van der Waals surface area contributed by atoms with E-state index in [-0.39, 0.29) is 48.4 Å². The molecule has 11 nitrogen and oxygen atoms in total. The van der Waals surface area contributed by atoms with Gasteiger partial charge in [0.1, 0.15) is 10.7 Å². The number of hydrogen-bond donors (Lipinski definition) is 3. The van der Waals surface area contributed by atoms with Crippen molar-refractivity contribution in [1.29, 1.82) is 0 Å². The largest absolute Gasteiger partial charge is 0.455 e. The van der Waals surface area contributed by atoms with Crippen LogP contribution in [-0.4, -0.2) is 70.1 Å². The monoisotopic (exact) mass is 659 g/mol. The minimum Gasteiger partial charge on any atom is -0.455 e. The number of carbonyl (C=O) groups is 4. The van der Waals surface area contributed by atoms with Gasteiger partial charge in [0.25, 0.3) is 5.91 Å². The Kier molecular flexibility index (Phi) is 15.3. The molecule has 0 aliphatic heterocycles. The van der Waals surface area contributed by atoms with Gasteiger partial charge in [-0.25, -0.2) is 10.4 Å². The van der Waals surface area contributed by atoms with Gasteiger partial charge in [0.15, 0.2) is 6.10 Å². The molecule has 2 rings (SSSR count). The molecular weight excluding hydrogens is 606 g/mol. The molecule has 3 amide bonds. The van der Waals surface area contributed by atoms with Gasteiger partial charge in [-0.15, -0.1) is 11.3 Å². The van der Waals surface area contributed by atoms with Crippen LogP contribution >= 0.6 is 11.3 Å². The summed E-state index contributed by atoms with van der Waals surface area (Å²) < 4.78 is 5.69. The van der Waals surface area contributed by atoms with E-state index in [0.717, 1.165) is 24.8 Å². The topological polar surface area (TPSA) is 150 Å². The normalized spacial score (nSPS) is 16.2. The second kappa shape index (κ2) is 18.1. The molecule has 1 aliphatic rings. The van der Waals surface area contributed by atoms with Crippen LogP contribution in [0.3, 0.4) is 0 Å². The van der Waals surface area contributed by atoms with Crippen LogP contribution in [-0.2, 0) is 19.1 Å². The highest BCUT2D eigenvalue weighted by molar-refractivity contribution is 7.09. The minimum absolute atomic E-state index is 0.0383. The van der Waals surface area contributed by atoms with Crippen molar-refractivity contribution in [1.82, 2.24) is 20.6 Å². The van der Waals surface area contributed by atoms with Crippen LogP contribution in [0.25, 0.3) is 0 Å². The molecule has 12 heteroatoms. The van der Waals surface area contributed by atoms with Crippen LogP contribution in [0.5, 0.6) is 0 Å². The van der Waals surface area contributed by atoms with Crippen LogP contribution < -0.4 is 10.7 Å². The number of allylic oxidation sites excluding steroid dienone is 3. The van der Waals surface area contributed by atoms with Crippen LogP contribution in [0.2, 0.25) is 0 Å². The Bertz CT molecular complexity index is 1300. The number of nitrogens with one attached hydrogen (secondary N) is 2. The molecule has 46 heavy (non-hydrogen) atoms. The van der Waals surface area contributed by atoms with E-state index in [0.29, 0.717) is 23.6 Å². The molecule has 1 heterocycles. The van der Waals surface area contributed by atoms with E-state index in [1.807, 2.05) is 32.1 Å². The molecule has 1 aliphatic carbocycles. The first kappa shape index (κ1) is 38.8. The third-order valence-electron chi connectivity index (χ3n) is 8.35. The van der Waals surface area contributed by atoms with Crippen molar-refractivity contribution in [2.45, 2.75) is 112 Å². The molecule has 0 fully saturated rings. The summed E-state index contributed by atoms with van der Waals surface area (Å²) in [5.74, 6) is -0.877. The van der Waals surface area contributed by atoms with E-state index < -0.39 is 29.4 Å². The summed E-state index contributed by atoms with van der Waals surface area (Å²) >= 11 is 1.22. The molecule has 0 bridgehead atoms. The summed E-state index contributed by atoms with van der Waals surface area (Å²) in [6, 6.07) is -0.803. The number of ether oxygens (including phenoxy) is 1. The minimum atomic E-state index is -0.827. The van der Waals surface area contributed by atoms with Crippen molar-refractivity contribution in [2.75, 3.05) is 13.7 Å². The number of esters is 1. The highest BCUT2D eigenvalue weighted by atomic mass is 32.1. The van der Waals surface area contributed by atoms with Gasteiger partial charge in [-0.3, -0.25) is 19.2 Å². The van der Waals surface area contributed by atoms with Gasteiger partial charge in [-0.2, -0.15) is 5.10 Å². The number of hydrogen-bond acceptors (Lipinski definition) is 9. The maximum atomic E-state index is 13.4. The highest BCUT2D eigenvalue weighted by Crippen LogP contribution is 2.31. The number of amides is 3. The van der Waals surface area contributed by atoms with Gasteiger partial charge in [0, 0.05) is 50.3 Å². The molecule has 1 aromatic rings. The quantitative estimate of drug-likeness (QED) is 0.116. The lowest BCUT2D eigenvalue weighted by Crippen LogP contribution is -2.42. The lowest BCUT2D eigenvalue weighted by atomic mass is 9.89. The lowest BCUT2D eigenvalue weighted by Gasteiger charge is -2.34. The second-order valence-corrected chi connectivity index (χ2v) is 14.0. The molecule has 4 atom stereocenters. The first-order chi connectivity index (χ1) is 21.6. The molecule has 0 saturated carbocycles. The lowest BCUT2D eigenvalue weighted by molar-refractivity contribution is -0.148. The zero-order valence-corrected chi connectivity index (χ0v) is 29.7.